The molecule has 1 aliphatic heterocycles. The zero-order valence-corrected chi connectivity index (χ0v) is 17.4. The molecule has 1 saturated heterocycles. The molecule has 2 heterocycles. The summed E-state index contributed by atoms with van der Waals surface area (Å²) in [6.45, 7) is 9.67. The monoisotopic (exact) mass is 388 g/mol. The molecule has 5 nitrogen and oxygen atoms in total. The third-order valence-corrected chi connectivity index (χ3v) is 5.28. The van der Waals surface area contributed by atoms with Gasteiger partial charge in [0.2, 0.25) is 5.95 Å². The third-order valence-electron chi connectivity index (χ3n) is 5.28. The van der Waals surface area contributed by atoms with E-state index in [9.17, 15) is 0 Å². The summed E-state index contributed by atoms with van der Waals surface area (Å²) in [5.41, 5.74) is 5.57. The van der Waals surface area contributed by atoms with E-state index in [-0.39, 0.29) is 0 Å². The average molecular weight is 389 g/mol. The number of hydrogen-bond acceptors (Lipinski definition) is 5. The van der Waals surface area contributed by atoms with Crippen molar-refractivity contribution in [1.29, 1.82) is 0 Å². The van der Waals surface area contributed by atoms with Crippen molar-refractivity contribution in [2.45, 2.75) is 26.7 Å². The van der Waals surface area contributed by atoms with E-state index in [2.05, 4.69) is 67.4 Å². The van der Waals surface area contributed by atoms with Crippen LogP contribution in [0.1, 0.15) is 30.9 Å². The van der Waals surface area contributed by atoms with E-state index in [0.717, 1.165) is 49.1 Å². The molecule has 0 atom stereocenters. The number of aromatic nitrogens is 2. The zero-order chi connectivity index (χ0) is 20.2. The Morgan fingerprint density at radius 3 is 2.45 bits per heavy atom. The Morgan fingerprint density at radius 1 is 0.966 bits per heavy atom. The smallest absolute Gasteiger partial charge is 0.229 e. The van der Waals surface area contributed by atoms with Crippen LogP contribution in [0, 0.1) is 6.92 Å². The number of nitrogens with zero attached hydrogens (tertiary/aromatic N) is 3. The number of morpholine rings is 1. The van der Waals surface area contributed by atoms with Gasteiger partial charge in [-0.1, -0.05) is 62.4 Å². The molecule has 0 aliphatic carbocycles. The molecule has 0 spiro atoms. The Kier molecular flexibility index (Phi) is 5.76. The fourth-order valence-electron chi connectivity index (χ4n) is 3.66. The molecule has 0 bridgehead atoms. The molecule has 1 N–H and O–H groups in total. The van der Waals surface area contributed by atoms with E-state index >= 15 is 0 Å². The standard InChI is InChI=1S/C24H28N4O/c1-17(2)20-11-7-8-18(3)23(20)27-24-25-21(19-9-5-4-6-10-19)16-22(26-24)28-12-14-29-15-13-28/h4-11,16-17H,12-15H2,1-3H3,(H,25,26,27). The van der Waals surface area contributed by atoms with Crippen molar-refractivity contribution in [3.05, 3.63) is 65.7 Å². The quantitative estimate of drug-likeness (QED) is 0.655. The largest absolute Gasteiger partial charge is 0.378 e. The van der Waals surface area contributed by atoms with Crippen LogP contribution in [0.5, 0.6) is 0 Å². The topological polar surface area (TPSA) is 50.3 Å². The summed E-state index contributed by atoms with van der Waals surface area (Å²) in [6.07, 6.45) is 0. The lowest BCUT2D eigenvalue weighted by Crippen LogP contribution is -2.36. The third kappa shape index (κ3) is 4.40. The first-order valence-electron chi connectivity index (χ1n) is 10.3. The number of para-hydroxylation sites is 1. The van der Waals surface area contributed by atoms with Crippen molar-refractivity contribution in [2.24, 2.45) is 0 Å². The molecule has 1 aromatic heterocycles. The van der Waals surface area contributed by atoms with Gasteiger partial charge in [-0.3, -0.25) is 0 Å². The first-order chi connectivity index (χ1) is 14.1. The van der Waals surface area contributed by atoms with Crippen LogP contribution in [0.2, 0.25) is 0 Å². The van der Waals surface area contributed by atoms with Gasteiger partial charge in [-0.2, -0.15) is 4.98 Å². The van der Waals surface area contributed by atoms with E-state index < -0.39 is 0 Å². The van der Waals surface area contributed by atoms with Crippen LogP contribution in [-0.2, 0) is 4.74 Å². The first-order valence-corrected chi connectivity index (χ1v) is 10.3. The summed E-state index contributed by atoms with van der Waals surface area (Å²) in [5, 5.41) is 3.53. The van der Waals surface area contributed by atoms with Gasteiger partial charge in [0.1, 0.15) is 5.82 Å². The second-order valence-electron chi connectivity index (χ2n) is 7.72. The Labute approximate surface area is 172 Å². The minimum absolute atomic E-state index is 0.411. The summed E-state index contributed by atoms with van der Waals surface area (Å²) in [7, 11) is 0. The second-order valence-corrected chi connectivity index (χ2v) is 7.72. The van der Waals surface area contributed by atoms with Crippen LogP contribution >= 0.6 is 0 Å². The zero-order valence-electron chi connectivity index (χ0n) is 17.4. The summed E-state index contributed by atoms with van der Waals surface area (Å²) in [4.78, 5) is 12.0. The molecule has 0 amide bonds. The molecule has 1 fully saturated rings. The minimum atomic E-state index is 0.411. The highest BCUT2D eigenvalue weighted by molar-refractivity contribution is 5.69. The number of ether oxygens (including phenoxy) is 1. The van der Waals surface area contributed by atoms with Gasteiger partial charge in [0, 0.05) is 30.4 Å². The lowest BCUT2D eigenvalue weighted by molar-refractivity contribution is 0.122. The van der Waals surface area contributed by atoms with E-state index in [1.165, 1.54) is 11.1 Å². The van der Waals surface area contributed by atoms with Gasteiger partial charge in [-0.05, 0) is 24.0 Å². The van der Waals surface area contributed by atoms with Crippen LogP contribution in [0.4, 0.5) is 17.5 Å². The van der Waals surface area contributed by atoms with E-state index in [1.807, 2.05) is 18.2 Å². The van der Waals surface area contributed by atoms with Gasteiger partial charge < -0.3 is 15.0 Å². The van der Waals surface area contributed by atoms with Gasteiger partial charge >= 0.3 is 0 Å². The maximum Gasteiger partial charge on any atom is 0.229 e. The molecular weight excluding hydrogens is 360 g/mol. The second kappa shape index (κ2) is 8.62. The normalized spacial score (nSPS) is 14.3. The Bertz CT molecular complexity index is 966. The minimum Gasteiger partial charge on any atom is -0.378 e. The SMILES string of the molecule is Cc1cccc(C(C)C)c1Nc1nc(-c2ccccc2)cc(N2CCOCC2)n1. The van der Waals surface area contributed by atoms with E-state index in [4.69, 9.17) is 14.7 Å². The molecule has 0 saturated carbocycles. The molecule has 150 valence electrons. The Balaban J connectivity index is 1.77. The van der Waals surface area contributed by atoms with Crippen molar-refractivity contribution in [1.82, 2.24) is 9.97 Å². The predicted octanol–water partition coefficient (Wildman–Crippen LogP) is 5.16. The summed E-state index contributed by atoms with van der Waals surface area (Å²) >= 11 is 0. The lowest BCUT2D eigenvalue weighted by Gasteiger charge is -2.28. The highest BCUT2D eigenvalue weighted by atomic mass is 16.5. The number of aryl methyl sites for hydroxylation is 1. The van der Waals surface area contributed by atoms with Crippen LogP contribution in [0.25, 0.3) is 11.3 Å². The Hall–Kier alpha value is -2.92. The highest BCUT2D eigenvalue weighted by Gasteiger charge is 2.17. The van der Waals surface area contributed by atoms with Gasteiger partial charge in [0.25, 0.3) is 0 Å². The molecular formula is C24H28N4O. The molecule has 29 heavy (non-hydrogen) atoms. The molecule has 1 aliphatic rings. The number of rotatable bonds is 5. The summed E-state index contributed by atoms with van der Waals surface area (Å²) in [5.74, 6) is 1.97. The number of hydrogen-bond donors (Lipinski definition) is 1. The molecule has 2 aromatic carbocycles. The maximum absolute atomic E-state index is 5.52. The van der Waals surface area contributed by atoms with Crippen molar-refractivity contribution >= 4 is 17.5 Å². The molecule has 3 aromatic rings. The van der Waals surface area contributed by atoms with Gasteiger partial charge in [-0.15, -0.1) is 0 Å². The molecule has 4 rings (SSSR count). The van der Waals surface area contributed by atoms with Crippen molar-refractivity contribution < 1.29 is 4.74 Å². The summed E-state index contributed by atoms with van der Waals surface area (Å²) in [6, 6.07) is 18.7. The number of nitrogens with one attached hydrogen (secondary N) is 1. The molecule has 0 unspecified atom stereocenters. The van der Waals surface area contributed by atoms with Crippen molar-refractivity contribution in [3.63, 3.8) is 0 Å². The predicted molar refractivity (Wildman–Crippen MR) is 119 cm³/mol. The van der Waals surface area contributed by atoms with Crippen LogP contribution in [-0.4, -0.2) is 36.3 Å². The highest BCUT2D eigenvalue weighted by Crippen LogP contribution is 2.31. The summed E-state index contributed by atoms with van der Waals surface area (Å²) < 4.78 is 5.52. The maximum atomic E-state index is 5.52. The fraction of sp³-hybridized carbons (Fsp3) is 0.333. The average Bonchev–Trinajstić information content (AvgIpc) is 2.76. The van der Waals surface area contributed by atoms with Crippen LogP contribution < -0.4 is 10.2 Å². The van der Waals surface area contributed by atoms with Gasteiger partial charge in [0.05, 0.1) is 18.9 Å². The Morgan fingerprint density at radius 2 is 1.72 bits per heavy atom. The van der Waals surface area contributed by atoms with Gasteiger partial charge in [-0.25, -0.2) is 4.98 Å². The number of anilines is 3. The first kappa shape index (κ1) is 19.4. The van der Waals surface area contributed by atoms with Gasteiger partial charge in [0.15, 0.2) is 0 Å². The lowest BCUT2D eigenvalue weighted by atomic mass is 9.98. The van der Waals surface area contributed by atoms with Crippen molar-refractivity contribution in [2.75, 3.05) is 36.5 Å². The number of benzene rings is 2. The molecule has 5 heteroatoms. The van der Waals surface area contributed by atoms with Crippen LogP contribution in [0.3, 0.4) is 0 Å². The van der Waals surface area contributed by atoms with E-state index in [0.29, 0.717) is 11.9 Å². The fourth-order valence-corrected chi connectivity index (χ4v) is 3.66. The van der Waals surface area contributed by atoms with E-state index in [1.54, 1.807) is 0 Å². The van der Waals surface area contributed by atoms with Crippen molar-refractivity contribution in [3.8, 4) is 11.3 Å². The van der Waals surface area contributed by atoms with Crippen LogP contribution in [0.15, 0.2) is 54.6 Å². The molecule has 0 radical (unpaired) electrons.